The van der Waals surface area contributed by atoms with Gasteiger partial charge in [0.1, 0.15) is 24.8 Å². The highest BCUT2D eigenvalue weighted by atomic mass is 32.2. The number of aliphatic hydroxyl groups is 3. The molecule has 3 atom stereocenters. The molecule has 2 aromatic rings. The number of rotatable bonds is 7. The van der Waals surface area contributed by atoms with Crippen LogP contribution in [0.25, 0.3) is 11.0 Å². The quantitative estimate of drug-likeness (QED) is 0.227. The maximum Gasteiger partial charge on any atom is 0.315 e. The minimum absolute atomic E-state index is 0.125. The lowest BCUT2D eigenvalue weighted by Crippen LogP contribution is -2.40. The van der Waals surface area contributed by atoms with Crippen LogP contribution in [0.4, 0.5) is 11.5 Å². The molecule has 0 saturated carbocycles. The molecule has 0 bridgehead atoms. The van der Waals surface area contributed by atoms with Crippen molar-refractivity contribution in [3.63, 3.8) is 0 Å². The second-order valence-electron chi connectivity index (χ2n) is 5.93. The standard InChI is InChI=1S/C15H19N5O6S/c1-6(22)10(23)8(4-21)26-5-20-3-7-9-11(17-14(25)13(24)16-7)18-15(27-2)19-12(9)20/h3,6,8,10,21-23H,4-5H2,1-2H3,(H,16,24)(H,17,18,19,25)/t6-,8+,10-/m0/s1. The van der Waals surface area contributed by atoms with Crippen molar-refractivity contribution < 1.29 is 29.6 Å². The minimum Gasteiger partial charge on any atom is -0.394 e. The largest absolute Gasteiger partial charge is 0.394 e. The Morgan fingerprint density at radius 2 is 1.96 bits per heavy atom. The number of carbonyl (C=O) groups is 2. The number of nitrogens with zero attached hydrogens (tertiary/aromatic N) is 3. The van der Waals surface area contributed by atoms with Gasteiger partial charge in [0.25, 0.3) is 0 Å². The van der Waals surface area contributed by atoms with Crippen molar-refractivity contribution in [2.24, 2.45) is 0 Å². The molecule has 11 nitrogen and oxygen atoms in total. The maximum absolute atomic E-state index is 11.9. The van der Waals surface area contributed by atoms with Crippen molar-refractivity contribution in [2.45, 2.75) is 37.1 Å². The maximum atomic E-state index is 11.9. The normalized spacial score (nSPS) is 17.2. The second-order valence-corrected chi connectivity index (χ2v) is 6.70. The van der Waals surface area contributed by atoms with Gasteiger partial charge in [-0.1, -0.05) is 11.8 Å². The van der Waals surface area contributed by atoms with Gasteiger partial charge in [-0.15, -0.1) is 0 Å². The summed E-state index contributed by atoms with van der Waals surface area (Å²) >= 11 is 1.26. The first-order valence-corrected chi connectivity index (χ1v) is 9.24. The molecule has 1 aliphatic heterocycles. The fourth-order valence-corrected chi connectivity index (χ4v) is 2.99. The number of ether oxygens (including phenoxy) is 1. The summed E-state index contributed by atoms with van der Waals surface area (Å²) in [5.41, 5.74) is 0.723. The molecular weight excluding hydrogens is 378 g/mol. The van der Waals surface area contributed by atoms with Gasteiger partial charge in [-0.05, 0) is 13.2 Å². The van der Waals surface area contributed by atoms with Crippen molar-refractivity contribution in [3.8, 4) is 0 Å². The summed E-state index contributed by atoms with van der Waals surface area (Å²) in [5.74, 6) is -1.47. The highest BCUT2D eigenvalue weighted by Gasteiger charge is 2.28. The first-order valence-electron chi connectivity index (χ1n) is 8.01. The SMILES string of the molecule is CSc1nc2c3c(cn(CO[C@H](CO)[C@@H](O)[C@H](C)O)c3n1)NC(=O)C(=O)N2. The first kappa shape index (κ1) is 19.5. The van der Waals surface area contributed by atoms with Gasteiger partial charge in [0, 0.05) is 6.20 Å². The number of aromatic nitrogens is 3. The van der Waals surface area contributed by atoms with E-state index in [1.165, 1.54) is 24.9 Å². The molecule has 0 aromatic carbocycles. The highest BCUT2D eigenvalue weighted by Crippen LogP contribution is 2.33. The van der Waals surface area contributed by atoms with Crippen LogP contribution in [0.5, 0.6) is 0 Å². The Bertz CT molecular complexity index is 885. The lowest BCUT2D eigenvalue weighted by Gasteiger charge is -2.23. The zero-order chi connectivity index (χ0) is 19.7. The van der Waals surface area contributed by atoms with Gasteiger partial charge in [0.15, 0.2) is 10.8 Å². The van der Waals surface area contributed by atoms with E-state index in [0.717, 1.165) is 0 Å². The number of amides is 2. The van der Waals surface area contributed by atoms with Crippen LogP contribution < -0.4 is 10.6 Å². The van der Waals surface area contributed by atoms with Crippen LogP contribution in [0.2, 0.25) is 0 Å². The van der Waals surface area contributed by atoms with E-state index in [2.05, 4.69) is 20.6 Å². The van der Waals surface area contributed by atoms with Crippen LogP contribution in [-0.4, -0.2) is 72.8 Å². The third-order valence-corrected chi connectivity index (χ3v) is 4.60. The van der Waals surface area contributed by atoms with Gasteiger partial charge >= 0.3 is 11.8 Å². The van der Waals surface area contributed by atoms with Gasteiger partial charge < -0.3 is 35.3 Å². The number of thioether (sulfide) groups is 1. The summed E-state index contributed by atoms with van der Waals surface area (Å²) in [4.78, 5) is 32.3. The Hall–Kier alpha value is -2.25. The molecule has 3 heterocycles. The van der Waals surface area contributed by atoms with Crippen LogP contribution in [0, 0.1) is 0 Å². The van der Waals surface area contributed by atoms with Crippen molar-refractivity contribution >= 4 is 46.1 Å². The molecule has 0 radical (unpaired) electrons. The average molecular weight is 397 g/mol. The molecule has 0 saturated heterocycles. The second kappa shape index (κ2) is 7.78. The predicted molar refractivity (Wildman–Crippen MR) is 96.2 cm³/mol. The number of nitrogens with one attached hydrogen (secondary N) is 2. The lowest BCUT2D eigenvalue weighted by atomic mass is 10.1. The first-order chi connectivity index (χ1) is 12.8. The summed E-state index contributed by atoms with van der Waals surface area (Å²) in [5, 5.41) is 34.5. The average Bonchev–Trinajstić information content (AvgIpc) is 2.93. The summed E-state index contributed by atoms with van der Waals surface area (Å²) in [6.45, 7) is 0.759. The Balaban J connectivity index is 1.98. The number of anilines is 2. The van der Waals surface area contributed by atoms with Gasteiger partial charge in [-0.25, -0.2) is 9.97 Å². The summed E-state index contributed by atoms with van der Waals surface area (Å²) in [7, 11) is 0. The van der Waals surface area contributed by atoms with E-state index in [-0.39, 0.29) is 12.5 Å². The number of hydrogen-bond acceptors (Lipinski definition) is 9. The van der Waals surface area contributed by atoms with E-state index in [9.17, 15) is 24.9 Å². The van der Waals surface area contributed by atoms with Gasteiger partial charge in [0.2, 0.25) is 0 Å². The molecule has 0 spiro atoms. The number of carbonyl (C=O) groups excluding carboxylic acids is 2. The zero-order valence-electron chi connectivity index (χ0n) is 14.5. The van der Waals surface area contributed by atoms with Crippen molar-refractivity contribution in [2.75, 3.05) is 23.5 Å². The van der Waals surface area contributed by atoms with Gasteiger partial charge in [-0.3, -0.25) is 9.59 Å². The number of hydrogen-bond donors (Lipinski definition) is 5. The van der Waals surface area contributed by atoms with Crippen LogP contribution in [0.3, 0.4) is 0 Å². The molecule has 0 aliphatic carbocycles. The molecule has 12 heteroatoms. The van der Waals surface area contributed by atoms with E-state index in [1.807, 2.05) is 0 Å². The van der Waals surface area contributed by atoms with E-state index in [1.54, 1.807) is 10.8 Å². The van der Waals surface area contributed by atoms with Crippen molar-refractivity contribution in [1.82, 2.24) is 14.5 Å². The monoisotopic (exact) mass is 397 g/mol. The smallest absolute Gasteiger partial charge is 0.315 e. The summed E-state index contributed by atoms with van der Waals surface area (Å²) in [6, 6.07) is 0. The minimum atomic E-state index is -1.28. The van der Waals surface area contributed by atoms with Crippen molar-refractivity contribution in [3.05, 3.63) is 6.20 Å². The third-order valence-electron chi connectivity index (χ3n) is 4.05. The molecule has 146 valence electrons. The summed E-state index contributed by atoms with van der Waals surface area (Å²) in [6.07, 6.45) is -0.0953. The molecule has 2 amide bonds. The molecule has 5 N–H and O–H groups in total. The Kier molecular flexibility index (Phi) is 5.62. The van der Waals surface area contributed by atoms with E-state index < -0.39 is 36.7 Å². The van der Waals surface area contributed by atoms with Gasteiger partial charge in [0.05, 0.1) is 23.8 Å². The zero-order valence-corrected chi connectivity index (χ0v) is 15.4. The topological polar surface area (TPSA) is 159 Å². The molecule has 2 aromatic heterocycles. The Morgan fingerprint density at radius 1 is 1.26 bits per heavy atom. The molecule has 0 fully saturated rings. The van der Waals surface area contributed by atoms with E-state index in [4.69, 9.17) is 4.74 Å². The van der Waals surface area contributed by atoms with E-state index >= 15 is 0 Å². The van der Waals surface area contributed by atoms with Crippen LogP contribution in [-0.2, 0) is 21.1 Å². The highest BCUT2D eigenvalue weighted by molar-refractivity contribution is 7.98. The Morgan fingerprint density at radius 3 is 2.59 bits per heavy atom. The molecular formula is C15H19N5O6S. The van der Waals surface area contributed by atoms with Crippen LogP contribution >= 0.6 is 11.8 Å². The van der Waals surface area contributed by atoms with Gasteiger partial charge in [-0.2, -0.15) is 0 Å². The fraction of sp³-hybridized carbons (Fsp3) is 0.467. The predicted octanol–water partition coefficient (Wildman–Crippen LogP) is -0.880. The van der Waals surface area contributed by atoms with Crippen molar-refractivity contribution in [1.29, 1.82) is 0 Å². The third kappa shape index (κ3) is 3.75. The van der Waals surface area contributed by atoms with E-state index in [0.29, 0.717) is 21.9 Å². The molecule has 3 rings (SSSR count). The van der Waals surface area contributed by atoms with Crippen LogP contribution in [0.1, 0.15) is 6.92 Å². The lowest BCUT2D eigenvalue weighted by molar-refractivity contribution is -0.132. The molecule has 0 unspecified atom stereocenters. The molecule has 1 aliphatic rings. The Labute approximate surface area is 157 Å². The summed E-state index contributed by atoms with van der Waals surface area (Å²) < 4.78 is 7.06. The van der Waals surface area contributed by atoms with Crippen LogP contribution in [0.15, 0.2) is 11.4 Å². The number of aliphatic hydroxyl groups excluding tert-OH is 3. The molecule has 27 heavy (non-hydrogen) atoms. The fourth-order valence-electron chi connectivity index (χ4n) is 2.63.